The summed E-state index contributed by atoms with van der Waals surface area (Å²) in [6.45, 7) is 9.63. The quantitative estimate of drug-likeness (QED) is 0.889. The molecule has 1 aliphatic rings. The van der Waals surface area contributed by atoms with Crippen LogP contribution >= 0.6 is 0 Å². The van der Waals surface area contributed by atoms with E-state index < -0.39 is 0 Å². The number of nitrogens with zero attached hydrogens (tertiary/aromatic N) is 2. The van der Waals surface area contributed by atoms with Gasteiger partial charge in [-0.1, -0.05) is 20.8 Å². The minimum Gasteiger partial charge on any atom is -0.474 e. The van der Waals surface area contributed by atoms with Crippen LogP contribution in [0, 0.1) is 18.8 Å². The maximum Gasteiger partial charge on any atom is 0.226 e. The van der Waals surface area contributed by atoms with Crippen molar-refractivity contribution < 1.29 is 4.74 Å². The largest absolute Gasteiger partial charge is 0.474 e. The van der Waals surface area contributed by atoms with Crippen LogP contribution in [0.4, 0.5) is 5.95 Å². The second-order valence-corrected chi connectivity index (χ2v) is 6.26. The fourth-order valence-electron chi connectivity index (χ4n) is 3.06. The van der Waals surface area contributed by atoms with Crippen molar-refractivity contribution in [3.63, 3.8) is 0 Å². The first-order valence-corrected chi connectivity index (χ1v) is 7.83. The van der Waals surface area contributed by atoms with Crippen molar-refractivity contribution in [3.8, 4) is 5.88 Å². The fourth-order valence-corrected chi connectivity index (χ4v) is 3.06. The van der Waals surface area contributed by atoms with E-state index >= 15 is 0 Å². The number of aromatic nitrogens is 2. The number of aryl methyl sites for hydroxylation is 1. The Balaban J connectivity index is 2.02. The van der Waals surface area contributed by atoms with Gasteiger partial charge in [0.1, 0.15) is 6.10 Å². The molecule has 0 aliphatic heterocycles. The molecule has 1 fully saturated rings. The molecular weight excluding hydrogens is 250 g/mol. The van der Waals surface area contributed by atoms with Crippen molar-refractivity contribution >= 4 is 5.95 Å². The van der Waals surface area contributed by atoms with Crippen molar-refractivity contribution in [2.24, 2.45) is 11.8 Å². The van der Waals surface area contributed by atoms with Crippen LogP contribution in [-0.4, -0.2) is 22.6 Å². The average Bonchev–Trinajstić information content (AvgIpc) is 2.34. The number of ether oxygens (including phenoxy) is 1. The Morgan fingerprint density at radius 1 is 1.20 bits per heavy atom. The van der Waals surface area contributed by atoms with Crippen LogP contribution in [0.5, 0.6) is 5.88 Å². The van der Waals surface area contributed by atoms with Gasteiger partial charge in [0.2, 0.25) is 11.8 Å². The highest BCUT2D eigenvalue weighted by Crippen LogP contribution is 2.31. The number of nitrogens with one attached hydrogen (secondary N) is 1. The lowest BCUT2D eigenvalue weighted by Crippen LogP contribution is -2.28. The maximum absolute atomic E-state index is 6.11. The predicted octanol–water partition coefficient (Wildman–Crippen LogP) is 3.81. The van der Waals surface area contributed by atoms with Crippen LogP contribution in [0.2, 0.25) is 0 Å². The van der Waals surface area contributed by atoms with E-state index in [9.17, 15) is 0 Å². The van der Waals surface area contributed by atoms with Crippen molar-refractivity contribution in [2.45, 2.75) is 59.5 Å². The van der Waals surface area contributed by atoms with E-state index in [0.717, 1.165) is 43.3 Å². The van der Waals surface area contributed by atoms with Gasteiger partial charge in [-0.05, 0) is 44.4 Å². The molecule has 20 heavy (non-hydrogen) atoms. The van der Waals surface area contributed by atoms with E-state index in [4.69, 9.17) is 4.74 Å². The van der Waals surface area contributed by atoms with E-state index in [-0.39, 0.29) is 0 Å². The summed E-state index contributed by atoms with van der Waals surface area (Å²) in [5, 5.41) is 3.23. The first kappa shape index (κ1) is 15.1. The fraction of sp³-hybridized carbons (Fsp3) is 0.750. The lowest BCUT2D eigenvalue weighted by molar-refractivity contribution is 0.0966. The zero-order valence-corrected chi connectivity index (χ0v) is 13.1. The summed E-state index contributed by atoms with van der Waals surface area (Å²) in [5.74, 6) is 2.87. The molecule has 1 aliphatic carbocycles. The number of rotatable bonds is 5. The first-order chi connectivity index (χ1) is 9.56. The molecule has 1 N–H and O–H groups in total. The van der Waals surface area contributed by atoms with Crippen LogP contribution in [0.25, 0.3) is 0 Å². The van der Waals surface area contributed by atoms with Gasteiger partial charge < -0.3 is 10.1 Å². The van der Waals surface area contributed by atoms with Gasteiger partial charge in [-0.25, -0.2) is 4.98 Å². The van der Waals surface area contributed by atoms with Gasteiger partial charge >= 0.3 is 0 Å². The topological polar surface area (TPSA) is 47.0 Å². The van der Waals surface area contributed by atoms with Crippen molar-refractivity contribution in [1.82, 2.24) is 9.97 Å². The van der Waals surface area contributed by atoms with Gasteiger partial charge in [0.05, 0.1) is 0 Å². The van der Waals surface area contributed by atoms with E-state index in [0.29, 0.717) is 17.9 Å². The smallest absolute Gasteiger partial charge is 0.226 e. The summed E-state index contributed by atoms with van der Waals surface area (Å²) in [5.41, 5.74) is 0.950. The van der Waals surface area contributed by atoms with Crippen LogP contribution in [0.15, 0.2) is 6.07 Å². The minimum atomic E-state index is 0.294. The Kier molecular flexibility index (Phi) is 5.21. The van der Waals surface area contributed by atoms with Crippen LogP contribution in [-0.2, 0) is 0 Å². The minimum absolute atomic E-state index is 0.294. The summed E-state index contributed by atoms with van der Waals surface area (Å²) in [4.78, 5) is 8.86. The highest BCUT2D eigenvalue weighted by atomic mass is 16.5. The van der Waals surface area contributed by atoms with Crippen molar-refractivity contribution in [3.05, 3.63) is 11.8 Å². The SMILES string of the molecule is CCCNc1nc(C)cc(OC2CC(C)CC(C)C2)n1. The van der Waals surface area contributed by atoms with Crippen molar-refractivity contribution in [1.29, 1.82) is 0 Å². The van der Waals surface area contributed by atoms with Crippen molar-refractivity contribution in [2.75, 3.05) is 11.9 Å². The van der Waals surface area contributed by atoms with Gasteiger partial charge in [-0.2, -0.15) is 4.98 Å². The molecule has 0 saturated heterocycles. The van der Waals surface area contributed by atoms with Gasteiger partial charge in [-0.15, -0.1) is 0 Å². The molecule has 0 amide bonds. The number of anilines is 1. The van der Waals surface area contributed by atoms with Crippen LogP contribution in [0.3, 0.4) is 0 Å². The molecule has 2 rings (SSSR count). The Labute approximate surface area is 122 Å². The summed E-state index contributed by atoms with van der Waals surface area (Å²) >= 11 is 0. The number of hydrogen-bond donors (Lipinski definition) is 1. The Morgan fingerprint density at radius 2 is 1.90 bits per heavy atom. The molecule has 2 atom stereocenters. The molecule has 112 valence electrons. The second kappa shape index (κ2) is 6.91. The van der Waals surface area contributed by atoms with Crippen LogP contribution < -0.4 is 10.1 Å². The van der Waals surface area contributed by atoms with E-state index in [1.54, 1.807) is 0 Å². The molecular formula is C16H27N3O. The van der Waals surface area contributed by atoms with Gasteiger partial charge in [-0.3, -0.25) is 0 Å². The third-order valence-electron chi connectivity index (χ3n) is 3.79. The zero-order chi connectivity index (χ0) is 14.5. The van der Waals surface area contributed by atoms with E-state index in [1.165, 1.54) is 6.42 Å². The third kappa shape index (κ3) is 4.36. The summed E-state index contributed by atoms with van der Waals surface area (Å²) in [6, 6.07) is 1.93. The molecule has 2 unspecified atom stereocenters. The molecule has 4 nitrogen and oxygen atoms in total. The lowest BCUT2D eigenvalue weighted by Gasteiger charge is -2.31. The normalized spacial score (nSPS) is 26.3. The third-order valence-corrected chi connectivity index (χ3v) is 3.79. The van der Waals surface area contributed by atoms with E-state index in [2.05, 4.69) is 36.1 Å². The molecule has 1 aromatic rings. The predicted molar refractivity (Wildman–Crippen MR) is 82.1 cm³/mol. The Bertz CT molecular complexity index is 426. The summed E-state index contributed by atoms with van der Waals surface area (Å²) in [7, 11) is 0. The summed E-state index contributed by atoms with van der Waals surface area (Å²) < 4.78 is 6.11. The molecule has 0 bridgehead atoms. The van der Waals surface area contributed by atoms with Gasteiger partial charge in [0.25, 0.3) is 0 Å². The van der Waals surface area contributed by atoms with Crippen LogP contribution in [0.1, 0.15) is 52.1 Å². The average molecular weight is 277 g/mol. The first-order valence-electron chi connectivity index (χ1n) is 7.83. The Morgan fingerprint density at radius 3 is 2.55 bits per heavy atom. The second-order valence-electron chi connectivity index (χ2n) is 6.26. The molecule has 0 radical (unpaired) electrons. The van der Waals surface area contributed by atoms with Gasteiger partial charge in [0.15, 0.2) is 0 Å². The highest BCUT2D eigenvalue weighted by Gasteiger charge is 2.25. The Hall–Kier alpha value is -1.32. The van der Waals surface area contributed by atoms with Gasteiger partial charge in [0, 0.05) is 18.3 Å². The molecule has 1 heterocycles. The number of hydrogen-bond acceptors (Lipinski definition) is 4. The molecule has 1 aromatic heterocycles. The summed E-state index contributed by atoms with van der Waals surface area (Å²) in [6.07, 6.45) is 4.93. The molecule has 0 aromatic carbocycles. The standard InChI is InChI=1S/C16H27N3O/c1-5-6-17-16-18-13(4)10-15(19-16)20-14-8-11(2)7-12(3)9-14/h10-12,14H,5-9H2,1-4H3,(H,17,18,19). The molecule has 0 spiro atoms. The zero-order valence-electron chi connectivity index (χ0n) is 13.1. The molecule has 1 saturated carbocycles. The lowest BCUT2D eigenvalue weighted by atomic mass is 9.82. The maximum atomic E-state index is 6.11. The van der Waals surface area contributed by atoms with E-state index in [1.807, 2.05) is 13.0 Å². The highest BCUT2D eigenvalue weighted by molar-refractivity contribution is 5.30. The molecule has 4 heteroatoms. The monoisotopic (exact) mass is 277 g/mol.